The number of hydrogen-bond acceptors (Lipinski definition) is 6. The summed E-state index contributed by atoms with van der Waals surface area (Å²) in [5.41, 5.74) is 0.864. The smallest absolute Gasteiger partial charge is 0.184 e. The van der Waals surface area contributed by atoms with Crippen LogP contribution in [-0.4, -0.2) is 52.9 Å². The van der Waals surface area contributed by atoms with Gasteiger partial charge in [-0.15, -0.1) is 0 Å². The molecule has 0 spiro atoms. The van der Waals surface area contributed by atoms with Gasteiger partial charge in [0.15, 0.2) is 12.6 Å². The lowest BCUT2D eigenvalue weighted by atomic mass is 10.0. The number of fused-ring (bicyclic) bond motifs is 1. The molecule has 0 unspecified atom stereocenters. The van der Waals surface area contributed by atoms with Crippen molar-refractivity contribution in [2.75, 3.05) is 13.7 Å². The van der Waals surface area contributed by atoms with E-state index in [1.54, 1.807) is 12.1 Å². The molecule has 2 aliphatic heterocycles. The highest BCUT2D eigenvalue weighted by Crippen LogP contribution is 2.37. The van der Waals surface area contributed by atoms with Crippen molar-refractivity contribution in [3.8, 4) is 0 Å². The summed E-state index contributed by atoms with van der Waals surface area (Å²) in [7, 11) is -0.0501. The Hall–Kier alpha value is -1.61. The molecule has 2 aliphatic rings. The first-order valence-corrected chi connectivity index (χ1v) is 10.0. The molecule has 2 saturated heterocycles. The molecule has 2 aromatic carbocycles. The number of hydrogen-bond donors (Lipinski definition) is 1. The standard InChI is InChI=1S/C20H22O6S/c1-23-20-16(21)18(27(22)14-10-6-3-7-11-14)17-15(25-20)12-24-19(26-17)13-8-4-2-5-9-13/h2-11,15-21H,12H2,1H3/t15-,16+,17-,18+,19-,20-,27-/m1/s1. The first-order chi connectivity index (χ1) is 13.2. The summed E-state index contributed by atoms with van der Waals surface area (Å²) in [4.78, 5) is 0.628. The molecule has 0 bridgehead atoms. The summed E-state index contributed by atoms with van der Waals surface area (Å²) < 4.78 is 36.3. The molecule has 144 valence electrons. The molecule has 0 saturated carbocycles. The van der Waals surface area contributed by atoms with E-state index in [1.165, 1.54) is 7.11 Å². The minimum atomic E-state index is -1.50. The average molecular weight is 390 g/mol. The quantitative estimate of drug-likeness (QED) is 0.861. The summed E-state index contributed by atoms with van der Waals surface area (Å²) in [5, 5.41) is 10.1. The van der Waals surface area contributed by atoms with Gasteiger partial charge in [-0.3, -0.25) is 4.21 Å². The third kappa shape index (κ3) is 3.71. The number of methoxy groups -OCH3 is 1. The summed E-state index contributed by atoms with van der Waals surface area (Å²) in [5.74, 6) is 0. The van der Waals surface area contributed by atoms with Gasteiger partial charge in [-0.2, -0.15) is 0 Å². The van der Waals surface area contributed by atoms with Crippen LogP contribution in [0.15, 0.2) is 65.6 Å². The van der Waals surface area contributed by atoms with Crippen LogP contribution < -0.4 is 0 Å². The van der Waals surface area contributed by atoms with E-state index in [0.717, 1.165) is 5.56 Å². The first-order valence-electron chi connectivity index (χ1n) is 8.83. The van der Waals surface area contributed by atoms with Gasteiger partial charge in [0.05, 0.1) is 22.7 Å². The molecule has 2 heterocycles. The molecule has 7 heteroatoms. The van der Waals surface area contributed by atoms with E-state index >= 15 is 0 Å². The van der Waals surface area contributed by atoms with Crippen molar-refractivity contribution in [1.82, 2.24) is 0 Å². The summed E-state index contributed by atoms with van der Waals surface area (Å²) in [6, 6.07) is 18.6. The Kier molecular flexibility index (Phi) is 5.68. The average Bonchev–Trinajstić information content (AvgIpc) is 2.74. The van der Waals surface area contributed by atoms with Crippen LogP contribution in [0.1, 0.15) is 11.9 Å². The van der Waals surface area contributed by atoms with Crippen LogP contribution in [0.2, 0.25) is 0 Å². The van der Waals surface area contributed by atoms with Gasteiger partial charge in [0, 0.05) is 17.6 Å². The van der Waals surface area contributed by atoms with Crippen molar-refractivity contribution in [1.29, 1.82) is 0 Å². The van der Waals surface area contributed by atoms with Gasteiger partial charge < -0.3 is 24.1 Å². The molecule has 27 heavy (non-hydrogen) atoms. The third-order valence-electron chi connectivity index (χ3n) is 4.83. The zero-order valence-electron chi connectivity index (χ0n) is 14.8. The third-order valence-corrected chi connectivity index (χ3v) is 6.61. The van der Waals surface area contributed by atoms with Crippen molar-refractivity contribution in [3.63, 3.8) is 0 Å². The Labute approximate surface area is 160 Å². The van der Waals surface area contributed by atoms with Gasteiger partial charge in [-0.25, -0.2) is 0 Å². The number of aliphatic hydroxyl groups excluding tert-OH is 1. The second kappa shape index (κ2) is 8.18. The maximum atomic E-state index is 13.3. The van der Waals surface area contributed by atoms with Crippen LogP contribution in [0.5, 0.6) is 0 Å². The van der Waals surface area contributed by atoms with Crippen LogP contribution in [0.4, 0.5) is 0 Å². The van der Waals surface area contributed by atoms with Crippen molar-refractivity contribution >= 4 is 10.8 Å². The predicted molar refractivity (Wildman–Crippen MR) is 98.3 cm³/mol. The Balaban J connectivity index is 1.64. The topological polar surface area (TPSA) is 74.2 Å². The van der Waals surface area contributed by atoms with E-state index in [0.29, 0.717) is 4.90 Å². The van der Waals surface area contributed by atoms with Crippen LogP contribution >= 0.6 is 0 Å². The molecule has 7 atom stereocenters. The first kappa shape index (κ1) is 18.7. The van der Waals surface area contributed by atoms with E-state index in [4.69, 9.17) is 18.9 Å². The van der Waals surface area contributed by atoms with Gasteiger partial charge >= 0.3 is 0 Å². The van der Waals surface area contributed by atoms with Crippen molar-refractivity contribution in [2.24, 2.45) is 0 Å². The molecule has 0 aromatic heterocycles. The highest BCUT2D eigenvalue weighted by atomic mass is 32.2. The fourth-order valence-electron chi connectivity index (χ4n) is 3.49. The summed E-state index contributed by atoms with van der Waals surface area (Å²) in [6.07, 6.45) is -3.64. The lowest BCUT2D eigenvalue weighted by Crippen LogP contribution is -2.63. The van der Waals surface area contributed by atoms with Gasteiger partial charge in [0.1, 0.15) is 18.3 Å². The molecule has 4 rings (SSSR count). The maximum absolute atomic E-state index is 13.3. The van der Waals surface area contributed by atoms with Gasteiger partial charge in [0.25, 0.3) is 0 Å². The minimum Gasteiger partial charge on any atom is -0.386 e. The molecular formula is C20H22O6S. The molecule has 2 fully saturated rings. The van der Waals surface area contributed by atoms with Crippen molar-refractivity contribution in [3.05, 3.63) is 66.2 Å². The van der Waals surface area contributed by atoms with Crippen LogP contribution in [-0.2, 0) is 29.7 Å². The van der Waals surface area contributed by atoms with Gasteiger partial charge in [-0.05, 0) is 12.1 Å². The number of aliphatic hydroxyl groups is 1. The minimum absolute atomic E-state index is 0.263. The molecule has 1 N–H and O–H groups in total. The van der Waals surface area contributed by atoms with E-state index in [-0.39, 0.29) is 6.61 Å². The monoisotopic (exact) mass is 390 g/mol. The maximum Gasteiger partial charge on any atom is 0.184 e. The van der Waals surface area contributed by atoms with Gasteiger partial charge in [0.2, 0.25) is 0 Å². The predicted octanol–water partition coefficient (Wildman–Crippen LogP) is 2.01. The fourth-order valence-corrected chi connectivity index (χ4v) is 5.10. The Bertz CT molecular complexity index is 771. The zero-order valence-corrected chi connectivity index (χ0v) is 15.7. The Morgan fingerprint density at radius 1 is 1.04 bits per heavy atom. The van der Waals surface area contributed by atoms with E-state index in [1.807, 2.05) is 48.5 Å². The Morgan fingerprint density at radius 3 is 2.37 bits per heavy atom. The van der Waals surface area contributed by atoms with E-state index < -0.39 is 46.9 Å². The number of ether oxygens (including phenoxy) is 4. The molecule has 0 amide bonds. The van der Waals surface area contributed by atoms with Crippen LogP contribution in [0.3, 0.4) is 0 Å². The second-order valence-electron chi connectivity index (χ2n) is 6.52. The normalized spacial score (nSPS) is 34.6. The lowest BCUT2D eigenvalue weighted by Gasteiger charge is -2.47. The fraction of sp³-hybridized carbons (Fsp3) is 0.400. The number of rotatable bonds is 4. The largest absolute Gasteiger partial charge is 0.386 e. The number of benzene rings is 2. The lowest BCUT2D eigenvalue weighted by molar-refractivity contribution is -0.330. The molecular weight excluding hydrogens is 368 g/mol. The van der Waals surface area contributed by atoms with Crippen LogP contribution in [0, 0.1) is 0 Å². The Morgan fingerprint density at radius 2 is 1.70 bits per heavy atom. The van der Waals surface area contributed by atoms with Crippen LogP contribution in [0.25, 0.3) is 0 Å². The zero-order chi connectivity index (χ0) is 18.8. The highest BCUT2D eigenvalue weighted by Gasteiger charge is 2.52. The van der Waals surface area contributed by atoms with Crippen molar-refractivity contribution in [2.45, 2.75) is 41.0 Å². The van der Waals surface area contributed by atoms with E-state index in [9.17, 15) is 9.32 Å². The van der Waals surface area contributed by atoms with Crippen molar-refractivity contribution < 1.29 is 28.3 Å². The highest BCUT2D eigenvalue weighted by molar-refractivity contribution is 7.85. The molecule has 2 aromatic rings. The summed E-state index contributed by atoms with van der Waals surface area (Å²) in [6.45, 7) is 0.263. The second-order valence-corrected chi connectivity index (χ2v) is 8.13. The molecule has 0 radical (unpaired) electrons. The summed E-state index contributed by atoms with van der Waals surface area (Å²) >= 11 is 0. The van der Waals surface area contributed by atoms with E-state index in [2.05, 4.69) is 0 Å². The molecule has 0 aliphatic carbocycles. The van der Waals surface area contributed by atoms with Gasteiger partial charge in [-0.1, -0.05) is 48.5 Å². The SMILES string of the molecule is CO[C@@H]1O[C@@H]2CO[C@@H](c3ccccc3)O[C@H]2[C@@H]([S@](=O)c2ccccc2)[C@@H]1O. The molecule has 6 nitrogen and oxygen atoms in total.